The van der Waals surface area contributed by atoms with Crippen molar-refractivity contribution < 1.29 is 34.1 Å². The Hall–Kier alpha value is -2.25. The van der Waals surface area contributed by atoms with E-state index in [9.17, 15) is 24.6 Å². The number of Topliss-reactive ketones (excluding diaryl/α,β-unsaturated/α-hetero) is 1. The van der Waals surface area contributed by atoms with E-state index in [1.165, 1.54) is 6.92 Å². The molecule has 4 unspecified atom stereocenters. The second-order valence-electron chi connectivity index (χ2n) is 8.08. The zero-order valence-corrected chi connectivity index (χ0v) is 19.3. The van der Waals surface area contributed by atoms with Crippen LogP contribution in [0.1, 0.15) is 78.1 Å². The monoisotopic (exact) mass is 450 g/mol. The molecule has 0 bridgehead atoms. The maximum absolute atomic E-state index is 12.1. The predicted molar refractivity (Wildman–Crippen MR) is 122 cm³/mol. The van der Waals surface area contributed by atoms with Crippen LogP contribution in [0.3, 0.4) is 0 Å². The van der Waals surface area contributed by atoms with E-state index < -0.39 is 36.0 Å². The summed E-state index contributed by atoms with van der Waals surface area (Å²) < 4.78 is 10.5. The van der Waals surface area contributed by atoms with Crippen molar-refractivity contribution in [2.24, 2.45) is 0 Å². The molecule has 0 aromatic rings. The number of ether oxygens (including phenoxy) is 2. The molecule has 0 aromatic heterocycles. The molecule has 0 saturated carbocycles. The Morgan fingerprint density at radius 1 is 1.25 bits per heavy atom. The summed E-state index contributed by atoms with van der Waals surface area (Å²) in [7, 11) is 0. The number of ketones is 1. The van der Waals surface area contributed by atoms with Gasteiger partial charge in [0.05, 0.1) is 6.10 Å². The highest BCUT2D eigenvalue weighted by Gasteiger charge is 2.27. The lowest BCUT2D eigenvalue weighted by Gasteiger charge is -2.18. The average Bonchev–Trinajstić information content (AvgIpc) is 2.75. The van der Waals surface area contributed by atoms with Crippen LogP contribution in [-0.2, 0) is 23.9 Å². The number of rotatable bonds is 10. The quantitative estimate of drug-likeness (QED) is 0.172. The molecule has 7 heteroatoms. The molecular formula is C25H38O7. The Balaban J connectivity index is 2.62. The van der Waals surface area contributed by atoms with Crippen LogP contribution in [-0.4, -0.2) is 52.4 Å². The van der Waals surface area contributed by atoms with Gasteiger partial charge in [0.15, 0.2) is 0 Å². The number of hydrogen-bond donors (Lipinski definition) is 2. The summed E-state index contributed by atoms with van der Waals surface area (Å²) >= 11 is 0. The lowest BCUT2D eigenvalue weighted by Crippen LogP contribution is -2.32. The van der Waals surface area contributed by atoms with Gasteiger partial charge in [-0.1, -0.05) is 44.1 Å². The van der Waals surface area contributed by atoms with Gasteiger partial charge in [-0.15, -0.1) is 0 Å². The van der Waals surface area contributed by atoms with E-state index in [4.69, 9.17) is 9.47 Å². The lowest BCUT2D eigenvalue weighted by molar-refractivity contribution is -0.160. The van der Waals surface area contributed by atoms with E-state index in [0.29, 0.717) is 19.3 Å². The second-order valence-corrected chi connectivity index (χ2v) is 8.08. The van der Waals surface area contributed by atoms with Crippen LogP contribution in [0.4, 0.5) is 0 Å². The van der Waals surface area contributed by atoms with Crippen LogP contribution in [0.5, 0.6) is 0 Å². The molecule has 0 radical (unpaired) electrons. The zero-order chi connectivity index (χ0) is 23.8. The molecule has 4 atom stereocenters. The molecule has 0 spiro atoms. The molecule has 0 saturated heterocycles. The van der Waals surface area contributed by atoms with Crippen LogP contribution in [0.2, 0.25) is 0 Å². The number of carbonyl (C=O) groups is 3. The first-order valence-electron chi connectivity index (χ1n) is 11.6. The maximum Gasteiger partial charge on any atom is 0.378 e. The summed E-state index contributed by atoms with van der Waals surface area (Å²) in [6.45, 7) is 3.31. The van der Waals surface area contributed by atoms with Gasteiger partial charge in [0.1, 0.15) is 18.3 Å². The molecule has 32 heavy (non-hydrogen) atoms. The third-order valence-electron chi connectivity index (χ3n) is 5.22. The Labute approximate surface area is 191 Å². The number of esters is 2. The van der Waals surface area contributed by atoms with Crippen LogP contribution in [0.15, 0.2) is 36.5 Å². The van der Waals surface area contributed by atoms with E-state index in [-0.39, 0.29) is 12.5 Å². The van der Waals surface area contributed by atoms with Gasteiger partial charge < -0.3 is 19.7 Å². The van der Waals surface area contributed by atoms with E-state index in [1.54, 1.807) is 24.3 Å². The van der Waals surface area contributed by atoms with Crippen molar-refractivity contribution in [1.82, 2.24) is 0 Å². The Kier molecular flexibility index (Phi) is 14.2. The third kappa shape index (κ3) is 12.6. The number of hydrogen-bond acceptors (Lipinski definition) is 7. The van der Waals surface area contributed by atoms with E-state index in [1.807, 2.05) is 19.1 Å². The Bertz CT molecular complexity index is 665. The molecule has 0 amide bonds. The van der Waals surface area contributed by atoms with Crippen LogP contribution in [0, 0.1) is 0 Å². The number of unbranched alkanes of at least 4 members (excludes halogenated alkanes) is 3. The summed E-state index contributed by atoms with van der Waals surface area (Å²) in [5.41, 5.74) is 0. The number of cyclic esters (lactones) is 1. The van der Waals surface area contributed by atoms with Crippen molar-refractivity contribution >= 4 is 17.7 Å². The van der Waals surface area contributed by atoms with Gasteiger partial charge in [0, 0.05) is 13.3 Å². The van der Waals surface area contributed by atoms with Gasteiger partial charge in [0.2, 0.25) is 0 Å². The predicted octanol–water partition coefficient (Wildman–Crippen LogP) is 3.72. The maximum atomic E-state index is 12.1. The van der Waals surface area contributed by atoms with Crippen LogP contribution >= 0.6 is 0 Å². The standard InChI is InChI=1S/C25H38O7/c1-3-20(27)13-9-7-5-4-6-8-10-14-22-16-11-15-21(31-19(2)26)17-12-18-23(28)24(29)25(30)32-22/h6,8,10-11,14-15,20-23,27-28H,3-5,7,9,12-13,16-18H2,1-2H3/b8-6+,14-10+,15-11+. The Morgan fingerprint density at radius 3 is 2.75 bits per heavy atom. The number of carbonyl (C=O) groups excluding carboxylic acids is 3. The summed E-state index contributed by atoms with van der Waals surface area (Å²) in [6.07, 6.45) is 15.0. The molecule has 1 aliphatic heterocycles. The molecule has 0 fully saturated rings. The van der Waals surface area contributed by atoms with Crippen molar-refractivity contribution in [3.8, 4) is 0 Å². The van der Waals surface area contributed by atoms with Crippen molar-refractivity contribution in [2.75, 3.05) is 0 Å². The fourth-order valence-electron chi connectivity index (χ4n) is 3.30. The van der Waals surface area contributed by atoms with Gasteiger partial charge in [0.25, 0.3) is 5.78 Å². The lowest BCUT2D eigenvalue weighted by atomic mass is 10.0. The van der Waals surface area contributed by atoms with Gasteiger partial charge in [-0.25, -0.2) is 4.79 Å². The highest BCUT2D eigenvalue weighted by atomic mass is 16.6. The molecule has 180 valence electrons. The van der Waals surface area contributed by atoms with E-state index >= 15 is 0 Å². The van der Waals surface area contributed by atoms with Gasteiger partial charge in [-0.05, 0) is 57.1 Å². The van der Waals surface area contributed by atoms with Crippen LogP contribution < -0.4 is 0 Å². The highest BCUT2D eigenvalue weighted by molar-refractivity contribution is 6.35. The minimum absolute atomic E-state index is 0.0974. The molecule has 1 aliphatic rings. The number of allylic oxidation sites excluding steroid dienone is 3. The largest absolute Gasteiger partial charge is 0.458 e. The fourth-order valence-corrected chi connectivity index (χ4v) is 3.30. The van der Waals surface area contributed by atoms with Crippen molar-refractivity contribution in [1.29, 1.82) is 0 Å². The zero-order valence-electron chi connectivity index (χ0n) is 19.3. The first-order chi connectivity index (χ1) is 15.3. The average molecular weight is 451 g/mol. The van der Waals surface area contributed by atoms with Gasteiger partial charge in [-0.3, -0.25) is 9.59 Å². The van der Waals surface area contributed by atoms with E-state index in [2.05, 4.69) is 0 Å². The van der Waals surface area contributed by atoms with Gasteiger partial charge in [-0.2, -0.15) is 0 Å². The van der Waals surface area contributed by atoms with Crippen molar-refractivity contribution in [3.05, 3.63) is 36.5 Å². The molecule has 0 aromatic carbocycles. The minimum atomic E-state index is -1.42. The molecule has 2 N–H and O–H groups in total. The molecule has 0 aliphatic carbocycles. The molecular weight excluding hydrogens is 412 g/mol. The SMILES string of the molecule is CCC(O)CCCCC/C=C/C=C/C1C/C=C/C(OC(C)=O)CCCC(O)C(=O)C(=O)O1. The molecule has 1 heterocycles. The number of aliphatic hydroxyl groups is 2. The highest BCUT2D eigenvalue weighted by Crippen LogP contribution is 2.14. The molecule has 7 nitrogen and oxygen atoms in total. The van der Waals surface area contributed by atoms with Crippen LogP contribution in [0.25, 0.3) is 0 Å². The summed E-state index contributed by atoms with van der Waals surface area (Å²) in [4.78, 5) is 35.4. The summed E-state index contributed by atoms with van der Waals surface area (Å²) in [5.74, 6) is -2.41. The normalized spacial score (nSPS) is 25.2. The summed E-state index contributed by atoms with van der Waals surface area (Å²) in [5, 5.41) is 19.5. The third-order valence-corrected chi connectivity index (χ3v) is 5.22. The van der Waals surface area contributed by atoms with Crippen molar-refractivity contribution in [2.45, 2.75) is 102 Å². The van der Waals surface area contributed by atoms with Crippen molar-refractivity contribution in [3.63, 3.8) is 0 Å². The van der Waals surface area contributed by atoms with Gasteiger partial charge >= 0.3 is 11.9 Å². The second kappa shape index (κ2) is 16.4. The topological polar surface area (TPSA) is 110 Å². The smallest absolute Gasteiger partial charge is 0.378 e. The minimum Gasteiger partial charge on any atom is -0.458 e. The van der Waals surface area contributed by atoms with E-state index in [0.717, 1.165) is 38.5 Å². The first-order valence-corrected chi connectivity index (χ1v) is 11.6. The fraction of sp³-hybridized carbons (Fsp3) is 0.640. The summed E-state index contributed by atoms with van der Waals surface area (Å²) in [6, 6.07) is 0. The molecule has 1 rings (SSSR count). The first kappa shape index (κ1) is 27.8. The Morgan fingerprint density at radius 2 is 2.03 bits per heavy atom. The number of aliphatic hydroxyl groups excluding tert-OH is 2.